The highest BCUT2D eigenvalue weighted by molar-refractivity contribution is 9.10. The summed E-state index contributed by atoms with van der Waals surface area (Å²) in [5, 5.41) is 3.68. The molecule has 1 N–H and O–H groups in total. The van der Waals surface area contributed by atoms with Gasteiger partial charge in [-0.2, -0.15) is 0 Å². The molecular weight excluding hydrogens is 532 g/mol. The van der Waals surface area contributed by atoms with E-state index >= 15 is 0 Å². The predicted molar refractivity (Wildman–Crippen MR) is 140 cm³/mol. The van der Waals surface area contributed by atoms with Crippen molar-refractivity contribution < 1.29 is 18.8 Å². The maximum atomic E-state index is 14.0. The summed E-state index contributed by atoms with van der Waals surface area (Å²) in [4.78, 5) is 31.0. The van der Waals surface area contributed by atoms with E-state index in [9.17, 15) is 9.59 Å². The number of benzene rings is 1. The lowest BCUT2D eigenvalue weighted by Gasteiger charge is -2.44. The van der Waals surface area contributed by atoms with E-state index in [1.807, 2.05) is 52.1 Å². The van der Waals surface area contributed by atoms with Crippen LogP contribution in [0, 0.1) is 0 Å². The fourth-order valence-corrected chi connectivity index (χ4v) is 6.55. The molecule has 4 rings (SSSR count). The number of carbonyl (C=O) groups excluding carboxylic acids is 2. The van der Waals surface area contributed by atoms with Gasteiger partial charge in [-0.1, -0.05) is 23.7 Å². The van der Waals surface area contributed by atoms with Gasteiger partial charge in [0.2, 0.25) is 0 Å². The molecule has 2 heterocycles. The van der Waals surface area contributed by atoms with Crippen LogP contribution < -0.4 is 5.32 Å². The third-order valence-corrected chi connectivity index (χ3v) is 8.03. The zero-order valence-corrected chi connectivity index (χ0v) is 23.6. The van der Waals surface area contributed by atoms with Gasteiger partial charge in [0.25, 0.3) is 0 Å². The molecule has 1 aromatic heterocycles. The third-order valence-electron chi connectivity index (χ3n) is 7.22. The topological polar surface area (TPSA) is 73.2 Å². The molecule has 0 radical (unpaired) electrons. The van der Waals surface area contributed by atoms with Gasteiger partial charge < -0.3 is 14.6 Å². The van der Waals surface area contributed by atoms with Crippen LogP contribution >= 0.6 is 27.5 Å². The monoisotopic (exact) mass is 565 g/mol. The number of amides is 2. The van der Waals surface area contributed by atoms with Crippen LogP contribution in [0.2, 0.25) is 5.02 Å². The van der Waals surface area contributed by atoms with Crippen molar-refractivity contribution in [3.05, 3.63) is 51.0 Å². The summed E-state index contributed by atoms with van der Waals surface area (Å²) in [6.07, 6.45) is 2.85. The van der Waals surface area contributed by atoms with E-state index in [4.69, 9.17) is 16.3 Å². The number of nitrogens with one attached hydrogen (secondary N) is 1. The molecule has 0 bridgehead atoms. The number of rotatable bonds is 4. The number of aromatic nitrogens is 2. The molecule has 0 saturated heterocycles. The predicted octanol–water partition coefficient (Wildman–Crippen LogP) is 6.41. The Bertz CT molecular complexity index is 1120. The van der Waals surface area contributed by atoms with Gasteiger partial charge in [0.1, 0.15) is 11.3 Å². The Morgan fingerprint density at radius 1 is 1.20 bits per heavy atom. The summed E-state index contributed by atoms with van der Waals surface area (Å²) < 4.78 is 8.49. The first kappa shape index (κ1) is 26.2. The smallest absolute Gasteiger partial charge is 0.407 e. The molecule has 2 aliphatic rings. The van der Waals surface area contributed by atoms with Gasteiger partial charge >= 0.3 is 12.0 Å². The number of imidazole rings is 1. The lowest BCUT2D eigenvalue weighted by Crippen LogP contribution is -2.57. The summed E-state index contributed by atoms with van der Waals surface area (Å²) in [5.41, 5.74) is 2.02. The second-order valence-corrected chi connectivity index (χ2v) is 12.3. The zero-order chi connectivity index (χ0) is 25.7. The second kappa shape index (κ2) is 9.52. The highest BCUT2D eigenvalue weighted by Crippen LogP contribution is 2.49. The number of nitrogens with zero attached hydrogens (tertiary/aromatic N) is 3. The second-order valence-electron chi connectivity index (χ2n) is 11.1. The summed E-state index contributed by atoms with van der Waals surface area (Å²) in [7, 11) is 2.05. The minimum atomic E-state index is -0.531. The lowest BCUT2D eigenvalue weighted by molar-refractivity contribution is -0.878. The molecule has 7 nitrogen and oxygen atoms in total. The van der Waals surface area contributed by atoms with Crippen molar-refractivity contribution in [2.24, 2.45) is 0 Å². The molecule has 35 heavy (non-hydrogen) atoms. The summed E-state index contributed by atoms with van der Waals surface area (Å²) in [6, 6.07) is 7.92. The normalized spacial score (nSPS) is 26.7. The number of alkyl carbamates (subject to hydrolysis) is 1. The van der Waals surface area contributed by atoms with Crippen molar-refractivity contribution in [3.63, 3.8) is 0 Å². The molecule has 2 atom stereocenters. The third kappa shape index (κ3) is 4.89. The van der Waals surface area contributed by atoms with Crippen molar-refractivity contribution in [1.82, 2.24) is 14.9 Å². The van der Waals surface area contributed by atoms with Crippen LogP contribution in [0.25, 0.3) is 0 Å². The number of hydrogen-bond acceptors (Lipinski definition) is 4. The first-order valence-electron chi connectivity index (χ1n) is 12.3. The molecule has 1 aliphatic carbocycles. The van der Waals surface area contributed by atoms with Crippen molar-refractivity contribution in [2.75, 3.05) is 7.05 Å². The van der Waals surface area contributed by atoms with Gasteiger partial charge in [0.05, 0.1) is 13.1 Å². The molecule has 0 spiro atoms. The molecule has 9 heteroatoms. The standard InChI is InChI=1S/C26H34BrClN4O3/c1-15(2)31-21-20(30-24(31)27)23(33)32(6,22(21)16-7-9-17(28)10-8-16)19-13-11-18(12-14-19)29-25(34)35-26(3,4)5/h7-10,15,18-19,22H,11-14H2,1-6H3/p+1. The Kier molecular flexibility index (Phi) is 7.12. The van der Waals surface area contributed by atoms with E-state index in [0.717, 1.165) is 36.9 Å². The van der Waals surface area contributed by atoms with E-state index in [1.165, 1.54) is 0 Å². The number of hydrogen-bond donors (Lipinski definition) is 1. The molecule has 1 saturated carbocycles. The van der Waals surface area contributed by atoms with Crippen molar-refractivity contribution in [3.8, 4) is 0 Å². The van der Waals surface area contributed by atoms with Gasteiger partial charge in [-0.25, -0.2) is 19.1 Å². The maximum absolute atomic E-state index is 14.0. The van der Waals surface area contributed by atoms with Crippen LogP contribution in [0.4, 0.5) is 4.79 Å². The quantitative estimate of drug-likeness (QED) is 0.434. The molecular formula is C26H35BrClN4O3+. The number of quaternary nitrogens is 1. The summed E-state index contributed by atoms with van der Waals surface area (Å²) >= 11 is 9.80. The highest BCUT2D eigenvalue weighted by atomic mass is 79.9. The number of halogens is 2. The zero-order valence-electron chi connectivity index (χ0n) is 21.3. The van der Waals surface area contributed by atoms with E-state index < -0.39 is 5.60 Å². The molecule has 2 amide bonds. The van der Waals surface area contributed by atoms with E-state index in [2.05, 4.69) is 44.6 Å². The van der Waals surface area contributed by atoms with Gasteiger partial charge in [-0.3, -0.25) is 0 Å². The Morgan fingerprint density at radius 3 is 2.34 bits per heavy atom. The van der Waals surface area contributed by atoms with Crippen molar-refractivity contribution >= 4 is 39.5 Å². The first-order chi connectivity index (χ1) is 16.3. The lowest BCUT2D eigenvalue weighted by atomic mass is 9.87. The Balaban J connectivity index is 1.64. The molecule has 1 fully saturated rings. The SMILES string of the molecule is CC(C)n1c(Br)nc2c1C(c1ccc(Cl)cc1)[N+](C)(C1CCC(NC(=O)OC(C)(C)C)CC1)C2=O. The fourth-order valence-electron chi connectivity index (χ4n) is 5.65. The van der Waals surface area contributed by atoms with Gasteiger partial charge in [0.15, 0.2) is 16.5 Å². The highest BCUT2D eigenvalue weighted by Gasteiger charge is 2.59. The average Bonchev–Trinajstić information content (AvgIpc) is 3.19. The van der Waals surface area contributed by atoms with Crippen LogP contribution in [0.1, 0.15) is 94.1 Å². The first-order valence-corrected chi connectivity index (χ1v) is 13.4. The van der Waals surface area contributed by atoms with Gasteiger partial charge in [0, 0.05) is 35.5 Å². The number of fused-ring (bicyclic) bond motifs is 1. The average molecular weight is 567 g/mol. The summed E-state index contributed by atoms with van der Waals surface area (Å²) in [6.45, 7) is 9.78. The van der Waals surface area contributed by atoms with E-state index in [1.54, 1.807) is 0 Å². The maximum Gasteiger partial charge on any atom is 0.407 e. The van der Waals surface area contributed by atoms with Crippen LogP contribution in [-0.2, 0) is 4.74 Å². The number of carbonyl (C=O) groups is 2. The fraction of sp³-hybridized carbons (Fsp3) is 0.577. The van der Waals surface area contributed by atoms with E-state index in [0.29, 0.717) is 15.5 Å². The molecule has 2 aromatic rings. The Labute approximate surface area is 220 Å². The van der Waals surface area contributed by atoms with Crippen LogP contribution in [0.5, 0.6) is 0 Å². The van der Waals surface area contributed by atoms with Crippen LogP contribution in [0.15, 0.2) is 29.0 Å². The molecule has 1 aliphatic heterocycles. The Hall–Kier alpha value is -1.90. The molecule has 1 aromatic carbocycles. The number of ether oxygens (including phenoxy) is 1. The molecule has 2 unspecified atom stereocenters. The molecule has 190 valence electrons. The minimum Gasteiger partial charge on any atom is -0.444 e. The largest absolute Gasteiger partial charge is 0.444 e. The van der Waals surface area contributed by atoms with Gasteiger partial charge in [-0.15, -0.1) is 0 Å². The summed E-state index contributed by atoms with van der Waals surface area (Å²) in [5.74, 6) is 0.0450. The van der Waals surface area contributed by atoms with Crippen LogP contribution in [-0.4, -0.2) is 50.8 Å². The van der Waals surface area contributed by atoms with Crippen molar-refractivity contribution in [2.45, 2.75) is 90.1 Å². The van der Waals surface area contributed by atoms with Crippen LogP contribution in [0.3, 0.4) is 0 Å². The van der Waals surface area contributed by atoms with Gasteiger partial charge in [-0.05, 0) is 75.5 Å². The minimum absolute atomic E-state index is 0.0403. The Morgan fingerprint density at radius 2 is 1.80 bits per heavy atom. The van der Waals surface area contributed by atoms with E-state index in [-0.39, 0.29) is 40.7 Å². The van der Waals surface area contributed by atoms with Crippen molar-refractivity contribution in [1.29, 1.82) is 0 Å².